The summed E-state index contributed by atoms with van der Waals surface area (Å²) in [7, 11) is -1.54. The summed E-state index contributed by atoms with van der Waals surface area (Å²) in [6.07, 6.45) is 9.01. The zero-order valence-corrected chi connectivity index (χ0v) is 38.7. The van der Waals surface area contributed by atoms with Crippen LogP contribution >= 0.6 is 8.53 Å². The van der Waals surface area contributed by atoms with Gasteiger partial charge in [-0.3, -0.25) is 9.63 Å². The number of carbonyl (C=O) groups is 2. The predicted molar refractivity (Wildman–Crippen MR) is 226 cm³/mol. The Labute approximate surface area is 354 Å². The smallest absolute Gasteiger partial charge is 0.334 e. The topological polar surface area (TPSA) is 95.1 Å². The maximum Gasteiger partial charge on any atom is 0.539 e. The monoisotopic (exact) mass is 852 g/mol. The predicted octanol–water partition coefficient (Wildman–Crippen LogP) is 11.2. The van der Waals surface area contributed by atoms with Crippen LogP contribution in [0.5, 0.6) is 0 Å². The van der Waals surface area contributed by atoms with E-state index in [2.05, 4.69) is 79.1 Å². The van der Waals surface area contributed by atoms with Crippen LogP contribution in [0.2, 0.25) is 0 Å². The summed E-state index contributed by atoms with van der Waals surface area (Å²) in [5.41, 5.74) is 1.58. The number of fused-ring (bicyclic) bond motifs is 5. The quantitative estimate of drug-likeness (QED) is 0.0473. The molecule has 5 aliphatic rings. The van der Waals surface area contributed by atoms with Crippen molar-refractivity contribution in [1.29, 1.82) is 5.26 Å². The van der Waals surface area contributed by atoms with Crippen molar-refractivity contribution in [2.24, 2.45) is 46.3 Å². The van der Waals surface area contributed by atoms with Gasteiger partial charge in [-0.2, -0.15) is 18.4 Å². The maximum atomic E-state index is 14.2. The number of halogens is 3. The van der Waals surface area contributed by atoms with Gasteiger partial charge in [0.05, 0.1) is 36.4 Å². The SMILES string of the molecule is CC[C@@H]1C[C@@H](OP(OCCC#N)N(C(C)C)C(C)C)CN1C(=O)CO/[N+](C(=O)C(F)(F)F)=C1\CC[C@@]2(C)C(=CC[C@H]3[C@@H]4CC[C@H]([C@H](C)CCCC(C)C)[C@@]4(C)CC[C@@H]32)C1. The molecule has 0 bridgehead atoms. The molecular formula is C46H75F3N4O5P+. The summed E-state index contributed by atoms with van der Waals surface area (Å²) in [5.74, 6) is 1.30. The maximum absolute atomic E-state index is 14.2. The Morgan fingerprint density at radius 1 is 1.05 bits per heavy atom. The Morgan fingerprint density at radius 3 is 2.39 bits per heavy atom. The van der Waals surface area contributed by atoms with Crippen LogP contribution in [0.15, 0.2) is 11.6 Å². The minimum absolute atomic E-state index is 0.104. The molecule has 0 radical (unpaired) electrons. The van der Waals surface area contributed by atoms with Crippen molar-refractivity contribution in [3.8, 4) is 6.07 Å². The molecule has 0 aromatic carbocycles. The van der Waals surface area contributed by atoms with E-state index in [-0.39, 0.29) is 61.3 Å². The number of hydrogen-bond donors (Lipinski definition) is 0. The number of hydroxylamine groups is 1. The Morgan fingerprint density at radius 2 is 1.76 bits per heavy atom. The zero-order valence-electron chi connectivity index (χ0n) is 37.8. The summed E-state index contributed by atoms with van der Waals surface area (Å²) in [6, 6.07) is 2.10. The van der Waals surface area contributed by atoms with Crippen LogP contribution in [0.3, 0.4) is 0 Å². The van der Waals surface area contributed by atoms with Crippen LogP contribution in [0.25, 0.3) is 0 Å². The van der Waals surface area contributed by atoms with Gasteiger partial charge in [-0.25, -0.2) is 9.46 Å². The van der Waals surface area contributed by atoms with Gasteiger partial charge in [-0.05, 0) is 125 Å². The minimum atomic E-state index is -5.17. The number of nitriles is 1. The second-order valence-corrected chi connectivity index (χ2v) is 21.4. The third kappa shape index (κ3) is 10.6. The highest BCUT2D eigenvalue weighted by molar-refractivity contribution is 7.44. The van der Waals surface area contributed by atoms with Crippen molar-refractivity contribution < 1.29 is 41.4 Å². The molecule has 0 N–H and O–H groups in total. The molecule has 5 rings (SSSR count). The van der Waals surface area contributed by atoms with Crippen LogP contribution in [0, 0.1) is 57.7 Å². The Kier molecular flexibility index (Phi) is 16.2. The van der Waals surface area contributed by atoms with Crippen molar-refractivity contribution >= 4 is 26.1 Å². The average molecular weight is 852 g/mol. The Hall–Kier alpha value is -2.06. The number of likely N-dealkylation sites (tertiary alicyclic amines) is 1. The number of allylic oxidation sites excluding steroid dienone is 2. The number of amides is 2. The molecule has 1 aliphatic heterocycles. The second-order valence-electron chi connectivity index (χ2n) is 20.0. The molecule has 2 amide bonds. The lowest BCUT2D eigenvalue weighted by molar-refractivity contribution is -0.725. The molecule has 334 valence electrons. The van der Waals surface area contributed by atoms with Crippen LogP contribution in [0.4, 0.5) is 13.2 Å². The molecule has 0 spiro atoms. The molecule has 59 heavy (non-hydrogen) atoms. The van der Waals surface area contributed by atoms with E-state index in [0.29, 0.717) is 59.5 Å². The van der Waals surface area contributed by atoms with Crippen LogP contribution < -0.4 is 0 Å². The largest absolute Gasteiger partial charge is 0.539 e. The van der Waals surface area contributed by atoms with Gasteiger partial charge in [-0.15, -0.1) is 0 Å². The first kappa shape index (κ1) is 48.0. The van der Waals surface area contributed by atoms with Crippen molar-refractivity contribution in [3.63, 3.8) is 0 Å². The van der Waals surface area contributed by atoms with Gasteiger partial charge in [0, 0.05) is 31.1 Å². The number of rotatable bonds is 17. The lowest BCUT2D eigenvalue weighted by Gasteiger charge is -2.57. The molecule has 1 saturated heterocycles. The molecule has 1 heterocycles. The van der Waals surface area contributed by atoms with Gasteiger partial charge in [-0.1, -0.05) is 72.5 Å². The van der Waals surface area contributed by atoms with E-state index in [4.69, 9.17) is 19.1 Å². The van der Waals surface area contributed by atoms with Gasteiger partial charge in [0.25, 0.3) is 14.4 Å². The summed E-state index contributed by atoms with van der Waals surface area (Å²) < 4.78 is 57.7. The highest BCUT2D eigenvalue weighted by atomic mass is 31.2. The number of nitrogens with zero attached hydrogens (tertiary/aromatic N) is 4. The van der Waals surface area contributed by atoms with Crippen molar-refractivity contribution in [2.75, 3.05) is 19.8 Å². The lowest BCUT2D eigenvalue weighted by Crippen LogP contribution is -2.51. The summed E-state index contributed by atoms with van der Waals surface area (Å²) in [5, 5.41) is 9.10. The van der Waals surface area contributed by atoms with Gasteiger partial charge in [0.15, 0.2) is 0 Å². The summed E-state index contributed by atoms with van der Waals surface area (Å²) in [6.45, 7) is 21.9. The number of hydrogen-bond acceptors (Lipinski definition) is 7. The highest BCUT2D eigenvalue weighted by Crippen LogP contribution is 2.67. The van der Waals surface area contributed by atoms with Gasteiger partial charge >= 0.3 is 12.1 Å². The Balaban J connectivity index is 1.29. The lowest BCUT2D eigenvalue weighted by atomic mass is 9.47. The van der Waals surface area contributed by atoms with E-state index in [0.717, 1.165) is 30.3 Å². The van der Waals surface area contributed by atoms with Crippen molar-refractivity contribution in [3.05, 3.63) is 11.6 Å². The second kappa shape index (κ2) is 20.0. The zero-order chi connectivity index (χ0) is 43.4. The molecule has 0 aromatic rings. The third-order valence-electron chi connectivity index (χ3n) is 15.3. The highest BCUT2D eigenvalue weighted by Gasteiger charge is 2.60. The van der Waals surface area contributed by atoms with E-state index < -0.39 is 33.1 Å². The van der Waals surface area contributed by atoms with E-state index >= 15 is 0 Å². The molecule has 1 unspecified atom stereocenters. The molecule has 0 aromatic heterocycles. The number of carbonyl (C=O) groups excluding carboxylic acids is 2. The van der Waals surface area contributed by atoms with Crippen LogP contribution in [0.1, 0.15) is 159 Å². The van der Waals surface area contributed by atoms with Gasteiger partial charge in [0.2, 0.25) is 12.3 Å². The van der Waals surface area contributed by atoms with Gasteiger partial charge in [0.1, 0.15) is 0 Å². The fraction of sp³-hybridized carbons (Fsp3) is 0.870. The average Bonchev–Trinajstić information content (AvgIpc) is 3.74. The van der Waals surface area contributed by atoms with Crippen LogP contribution in [-0.4, -0.2) is 82.0 Å². The summed E-state index contributed by atoms with van der Waals surface area (Å²) in [4.78, 5) is 34.1. The fourth-order valence-corrected chi connectivity index (χ4v) is 14.1. The minimum Gasteiger partial charge on any atom is -0.334 e. The van der Waals surface area contributed by atoms with Crippen molar-refractivity contribution in [1.82, 2.24) is 9.57 Å². The van der Waals surface area contributed by atoms with Crippen molar-refractivity contribution in [2.45, 2.75) is 190 Å². The first-order valence-electron chi connectivity index (χ1n) is 22.9. The number of alkyl halides is 3. The Bertz CT molecular complexity index is 1570. The van der Waals surface area contributed by atoms with Crippen LogP contribution in [-0.2, 0) is 23.5 Å². The molecule has 4 aliphatic carbocycles. The molecule has 3 saturated carbocycles. The fourth-order valence-electron chi connectivity index (χ4n) is 12.4. The standard InChI is InChI=1S/C46H75F3N4O5P/c1-11-35-27-37(58-59(57-25-13-24-50)53(31(4)5)32(6)7)28-51(35)42(54)29-56-52(43(55)46(47,48)49)36-20-22-44(9)34(26-36)16-17-38-40-19-18-39(33(8)15-12-14-30(2)3)45(40,10)23-21-41(38)44/h16,30-33,35,37-41H,11-15,17-23,25-29H2,1-10H3/q+1/b52-36+/t33-,35-,37-,38+,39-,40+,41+,44+,45-,59?/m1/s1. The van der Waals surface area contributed by atoms with E-state index in [1.807, 2.05) is 6.92 Å². The molecular weight excluding hydrogens is 776 g/mol. The molecule has 9 nitrogen and oxygen atoms in total. The van der Waals surface area contributed by atoms with E-state index in [1.54, 1.807) is 4.90 Å². The molecule has 10 atom stereocenters. The molecule has 13 heteroatoms. The van der Waals surface area contributed by atoms with E-state index in [1.165, 1.54) is 38.5 Å². The van der Waals surface area contributed by atoms with Gasteiger partial charge < -0.3 is 13.9 Å². The summed E-state index contributed by atoms with van der Waals surface area (Å²) >= 11 is 0. The molecule has 4 fully saturated rings. The third-order valence-corrected chi connectivity index (χ3v) is 17.4. The first-order valence-corrected chi connectivity index (χ1v) is 24.0. The first-order chi connectivity index (χ1) is 27.8. The van der Waals surface area contributed by atoms with E-state index in [9.17, 15) is 22.8 Å². The normalized spacial score (nSPS) is 32.7.